The van der Waals surface area contributed by atoms with Gasteiger partial charge in [0.05, 0.1) is 12.0 Å². The van der Waals surface area contributed by atoms with Gasteiger partial charge >= 0.3 is 0 Å². The van der Waals surface area contributed by atoms with Crippen molar-refractivity contribution in [2.75, 3.05) is 32.8 Å². The summed E-state index contributed by atoms with van der Waals surface area (Å²) in [6.45, 7) is 2.54. The van der Waals surface area contributed by atoms with Gasteiger partial charge in [0.1, 0.15) is 6.54 Å². The first kappa shape index (κ1) is 17.1. The molecule has 3 heterocycles. The van der Waals surface area contributed by atoms with Crippen LogP contribution in [0.15, 0.2) is 36.5 Å². The Hall–Kier alpha value is -2.34. The van der Waals surface area contributed by atoms with E-state index in [1.54, 1.807) is 4.90 Å². The summed E-state index contributed by atoms with van der Waals surface area (Å²) in [7, 11) is 0. The maximum atomic E-state index is 12.9. The standard InChI is InChI=1S/C20H25N3O3/c24-13-12-21-9-3-7-20(19(21)26)8-11-23(15-20)18(25)14-22-10-6-16-4-1-2-5-17(16)22/h1-2,4-6,10,24H,3,7-9,11-15H2/t20-/m0/s1. The number of rotatable bonds is 4. The number of β-amino-alcohol motifs (C(OH)–C–C–N with tert-alkyl or cyclic N) is 1. The number of carbonyl (C=O) groups excluding carboxylic acids is 2. The highest BCUT2D eigenvalue weighted by Gasteiger charge is 2.49. The third-order valence-corrected chi connectivity index (χ3v) is 5.89. The minimum Gasteiger partial charge on any atom is -0.395 e. The van der Waals surface area contributed by atoms with Crippen molar-refractivity contribution in [1.29, 1.82) is 0 Å². The molecule has 2 aromatic rings. The highest BCUT2D eigenvalue weighted by molar-refractivity contribution is 5.87. The minimum absolute atomic E-state index is 0.00876. The second kappa shape index (κ2) is 6.76. The topological polar surface area (TPSA) is 65.8 Å². The van der Waals surface area contributed by atoms with E-state index in [0.29, 0.717) is 32.7 Å². The maximum absolute atomic E-state index is 12.9. The van der Waals surface area contributed by atoms with Crippen molar-refractivity contribution < 1.29 is 14.7 Å². The largest absolute Gasteiger partial charge is 0.395 e. The number of nitrogens with zero attached hydrogens (tertiary/aromatic N) is 3. The number of amides is 2. The average Bonchev–Trinajstić information content (AvgIpc) is 3.25. The van der Waals surface area contributed by atoms with E-state index in [2.05, 4.69) is 0 Å². The second-order valence-electron chi connectivity index (χ2n) is 7.47. The number of aliphatic hydroxyl groups is 1. The average molecular weight is 355 g/mol. The van der Waals surface area contributed by atoms with Gasteiger partial charge in [-0.05, 0) is 36.8 Å². The van der Waals surface area contributed by atoms with E-state index in [9.17, 15) is 14.7 Å². The molecule has 2 amide bonds. The Morgan fingerprint density at radius 2 is 2.00 bits per heavy atom. The van der Waals surface area contributed by atoms with E-state index in [0.717, 1.165) is 30.2 Å². The molecule has 1 atom stereocenters. The monoisotopic (exact) mass is 355 g/mol. The molecule has 0 unspecified atom stereocenters. The van der Waals surface area contributed by atoms with E-state index in [1.807, 2.05) is 46.0 Å². The second-order valence-corrected chi connectivity index (χ2v) is 7.47. The van der Waals surface area contributed by atoms with Gasteiger partial charge in [-0.15, -0.1) is 0 Å². The predicted octanol–water partition coefficient (Wildman–Crippen LogP) is 1.47. The molecule has 6 nitrogen and oxygen atoms in total. The highest BCUT2D eigenvalue weighted by Crippen LogP contribution is 2.40. The quantitative estimate of drug-likeness (QED) is 0.903. The summed E-state index contributed by atoms with van der Waals surface area (Å²) >= 11 is 0. The van der Waals surface area contributed by atoms with Gasteiger partial charge in [0, 0.05) is 37.9 Å². The fourth-order valence-electron chi connectivity index (χ4n) is 4.47. The van der Waals surface area contributed by atoms with E-state index >= 15 is 0 Å². The molecule has 0 aliphatic carbocycles. The fourth-order valence-corrected chi connectivity index (χ4v) is 4.47. The first-order chi connectivity index (χ1) is 12.6. The lowest BCUT2D eigenvalue weighted by Crippen LogP contribution is -2.51. The Balaban J connectivity index is 1.46. The van der Waals surface area contributed by atoms with Crippen LogP contribution in [-0.2, 0) is 16.1 Å². The molecule has 0 radical (unpaired) electrons. The third kappa shape index (κ3) is 2.88. The first-order valence-electron chi connectivity index (χ1n) is 9.35. The molecule has 2 saturated heterocycles. The number of likely N-dealkylation sites (tertiary alicyclic amines) is 2. The zero-order chi connectivity index (χ0) is 18.1. The molecule has 1 N–H and O–H groups in total. The SMILES string of the molecule is O=C(Cn1ccc2ccccc21)N1CC[C@@]2(CCCN(CCO)C2=O)C1. The molecule has 2 aliphatic rings. The Morgan fingerprint density at radius 3 is 2.85 bits per heavy atom. The lowest BCUT2D eigenvalue weighted by Gasteiger charge is -2.39. The Kier molecular flexibility index (Phi) is 4.44. The number of aliphatic hydroxyl groups excluding tert-OH is 1. The number of para-hydroxylation sites is 1. The first-order valence-corrected chi connectivity index (χ1v) is 9.35. The van der Waals surface area contributed by atoms with Gasteiger partial charge in [0.2, 0.25) is 11.8 Å². The smallest absolute Gasteiger partial charge is 0.242 e. The molecule has 1 spiro atoms. The summed E-state index contributed by atoms with van der Waals surface area (Å²) in [4.78, 5) is 29.3. The van der Waals surface area contributed by atoms with Gasteiger partial charge < -0.3 is 19.5 Å². The van der Waals surface area contributed by atoms with Crippen molar-refractivity contribution in [1.82, 2.24) is 14.4 Å². The molecule has 1 aromatic heterocycles. The van der Waals surface area contributed by atoms with Gasteiger partial charge in [-0.25, -0.2) is 0 Å². The predicted molar refractivity (Wildman–Crippen MR) is 98.5 cm³/mol. The molecule has 0 bridgehead atoms. The summed E-state index contributed by atoms with van der Waals surface area (Å²) in [5, 5.41) is 10.3. The van der Waals surface area contributed by atoms with E-state index in [-0.39, 0.29) is 18.4 Å². The molecule has 6 heteroatoms. The summed E-state index contributed by atoms with van der Waals surface area (Å²) in [6, 6.07) is 10.0. The van der Waals surface area contributed by atoms with Gasteiger partial charge in [-0.3, -0.25) is 9.59 Å². The van der Waals surface area contributed by atoms with Crippen LogP contribution in [-0.4, -0.2) is 64.1 Å². The number of piperidine rings is 1. The summed E-state index contributed by atoms with van der Waals surface area (Å²) in [5.74, 6) is 0.176. The summed E-state index contributed by atoms with van der Waals surface area (Å²) in [6.07, 6.45) is 4.45. The maximum Gasteiger partial charge on any atom is 0.242 e. The normalized spacial score (nSPS) is 23.3. The van der Waals surface area contributed by atoms with Crippen LogP contribution in [0.3, 0.4) is 0 Å². The molecule has 2 fully saturated rings. The van der Waals surface area contributed by atoms with Crippen molar-refractivity contribution in [3.05, 3.63) is 36.5 Å². The summed E-state index contributed by atoms with van der Waals surface area (Å²) in [5.41, 5.74) is 0.611. The number of hydrogen-bond acceptors (Lipinski definition) is 3. The van der Waals surface area contributed by atoms with Gasteiger partial charge in [-0.2, -0.15) is 0 Å². The van der Waals surface area contributed by atoms with Crippen LogP contribution in [0.1, 0.15) is 19.3 Å². The molecular weight excluding hydrogens is 330 g/mol. The zero-order valence-electron chi connectivity index (χ0n) is 14.9. The van der Waals surface area contributed by atoms with Crippen LogP contribution in [0.2, 0.25) is 0 Å². The molecule has 26 heavy (non-hydrogen) atoms. The number of fused-ring (bicyclic) bond motifs is 1. The van der Waals surface area contributed by atoms with E-state index in [4.69, 9.17) is 0 Å². The lowest BCUT2D eigenvalue weighted by molar-refractivity contribution is -0.146. The number of benzene rings is 1. The van der Waals surface area contributed by atoms with Crippen LogP contribution in [0.25, 0.3) is 10.9 Å². The van der Waals surface area contributed by atoms with Crippen LogP contribution >= 0.6 is 0 Å². The van der Waals surface area contributed by atoms with Gasteiger partial charge in [0.15, 0.2) is 0 Å². The molecule has 138 valence electrons. The third-order valence-electron chi connectivity index (χ3n) is 5.89. The Labute approximate surface area is 153 Å². The van der Waals surface area contributed by atoms with E-state index in [1.165, 1.54) is 0 Å². The van der Waals surface area contributed by atoms with Crippen molar-refractivity contribution in [3.8, 4) is 0 Å². The van der Waals surface area contributed by atoms with Crippen LogP contribution in [0.4, 0.5) is 0 Å². The Bertz CT molecular complexity index is 829. The fraction of sp³-hybridized carbons (Fsp3) is 0.500. The molecule has 0 saturated carbocycles. The van der Waals surface area contributed by atoms with Crippen LogP contribution in [0, 0.1) is 5.41 Å². The number of carbonyl (C=O) groups is 2. The minimum atomic E-state index is -0.443. The number of hydrogen-bond donors (Lipinski definition) is 1. The molecule has 1 aromatic carbocycles. The molecular formula is C20H25N3O3. The number of aromatic nitrogens is 1. The lowest BCUT2D eigenvalue weighted by atomic mass is 9.78. The molecule has 2 aliphatic heterocycles. The molecule has 4 rings (SSSR count). The van der Waals surface area contributed by atoms with Gasteiger partial charge in [0.25, 0.3) is 0 Å². The summed E-state index contributed by atoms with van der Waals surface area (Å²) < 4.78 is 1.98. The Morgan fingerprint density at radius 1 is 1.15 bits per heavy atom. The van der Waals surface area contributed by atoms with Crippen molar-refractivity contribution in [2.24, 2.45) is 5.41 Å². The van der Waals surface area contributed by atoms with Gasteiger partial charge in [-0.1, -0.05) is 18.2 Å². The van der Waals surface area contributed by atoms with Crippen molar-refractivity contribution in [3.63, 3.8) is 0 Å². The van der Waals surface area contributed by atoms with Crippen molar-refractivity contribution >= 4 is 22.7 Å². The highest BCUT2D eigenvalue weighted by atomic mass is 16.3. The van der Waals surface area contributed by atoms with E-state index < -0.39 is 5.41 Å². The van der Waals surface area contributed by atoms with Crippen molar-refractivity contribution in [2.45, 2.75) is 25.8 Å². The van der Waals surface area contributed by atoms with Crippen LogP contribution in [0.5, 0.6) is 0 Å². The van der Waals surface area contributed by atoms with Crippen LogP contribution < -0.4 is 0 Å². The zero-order valence-corrected chi connectivity index (χ0v) is 14.9.